The Kier molecular flexibility index (Phi) is 9.42. The van der Waals surface area contributed by atoms with Gasteiger partial charge in [-0.25, -0.2) is 0 Å². The molecule has 7 heteroatoms. The zero-order valence-electron chi connectivity index (χ0n) is 3.72. The first-order chi connectivity index (χ1) is 3.73. The maximum atomic E-state index is 11.0. The molecule has 0 unspecified atom stereocenters. The van der Waals surface area contributed by atoms with Crippen molar-refractivity contribution in [2.24, 2.45) is 0 Å². The second kappa shape index (κ2) is 6.38. The highest BCUT2D eigenvalue weighted by Gasteiger charge is 2.14. The Labute approximate surface area is 82.1 Å². The van der Waals surface area contributed by atoms with E-state index >= 15 is 0 Å². The van der Waals surface area contributed by atoms with Gasteiger partial charge in [0.15, 0.2) is 4.30 Å². The van der Waals surface area contributed by atoms with Crippen LogP contribution in [0.1, 0.15) is 0 Å². The van der Waals surface area contributed by atoms with E-state index in [-0.39, 0.29) is 0 Å². The van der Waals surface area contributed by atoms with Crippen LogP contribution in [0.2, 0.25) is 0 Å². The predicted molar refractivity (Wildman–Crippen MR) is 42.7 cm³/mol. The number of halogens is 7. The molecule has 0 aliphatic carbocycles. The minimum Gasteiger partial charge on any atom is -0.189 e. The molecule has 0 aromatic rings. The van der Waals surface area contributed by atoms with Crippen molar-refractivity contribution in [3.05, 3.63) is 0 Å². The van der Waals surface area contributed by atoms with Crippen LogP contribution in [-0.2, 0) is 0 Å². The molecule has 0 saturated carbocycles. The molecule has 0 N–H and O–H groups in total. The van der Waals surface area contributed by atoms with Gasteiger partial charge in [-0.2, -0.15) is 4.39 Å². The third kappa shape index (κ3) is 204. The smallest absolute Gasteiger partial charge is 0.189 e. The summed E-state index contributed by atoms with van der Waals surface area (Å²) in [5, 5.41) is 0. The van der Waals surface area contributed by atoms with E-state index in [0.29, 0.717) is 0 Å². The van der Waals surface area contributed by atoms with Crippen molar-refractivity contribution >= 4 is 69.6 Å². The first kappa shape index (κ1) is 13.3. The highest BCUT2D eigenvalue weighted by molar-refractivity contribution is 6.66. The zero-order valence-corrected chi connectivity index (χ0v) is 8.26. The summed E-state index contributed by atoms with van der Waals surface area (Å²) in [5.41, 5.74) is 0. The van der Waals surface area contributed by atoms with Crippen LogP contribution < -0.4 is 0 Å². The lowest BCUT2D eigenvalue weighted by atomic mass is 11.7. The summed E-state index contributed by atoms with van der Waals surface area (Å²) in [6.45, 7) is 0. The number of rotatable bonds is 0. The molecule has 0 spiro atoms. The van der Waals surface area contributed by atoms with Crippen molar-refractivity contribution in [1.82, 2.24) is 0 Å². The topological polar surface area (TPSA) is 0 Å². The van der Waals surface area contributed by atoms with Crippen LogP contribution in [0.3, 0.4) is 0 Å². The summed E-state index contributed by atoms with van der Waals surface area (Å²) >= 11 is 27.6. The maximum Gasteiger partial charge on any atom is 0.333 e. The Morgan fingerprint density at radius 2 is 1.00 bits per heavy atom. The molecule has 0 bridgehead atoms. The minimum atomic E-state index is -2.58. The van der Waals surface area contributed by atoms with E-state index in [0.717, 1.165) is 0 Å². The van der Waals surface area contributed by atoms with Crippen molar-refractivity contribution < 1.29 is 4.39 Å². The van der Waals surface area contributed by atoms with E-state index < -0.39 is 8.34 Å². The SMILES string of the molecule is ClC(Cl)Cl.FC(Cl)(Cl)Cl. The van der Waals surface area contributed by atoms with Gasteiger partial charge in [-0.3, -0.25) is 0 Å². The molecule has 0 saturated heterocycles. The van der Waals surface area contributed by atoms with Gasteiger partial charge >= 0.3 is 4.05 Å². The third-order valence-corrected chi connectivity index (χ3v) is 0. The fourth-order valence-corrected chi connectivity index (χ4v) is 0. The summed E-state index contributed by atoms with van der Waals surface area (Å²) < 4.78 is 7.65. The van der Waals surface area contributed by atoms with E-state index in [9.17, 15) is 4.39 Å². The van der Waals surface area contributed by atoms with Crippen LogP contribution >= 0.6 is 69.6 Å². The molecule has 0 rings (SSSR count). The largest absolute Gasteiger partial charge is 0.333 e. The van der Waals surface area contributed by atoms with Gasteiger partial charge in [0.05, 0.1) is 0 Å². The van der Waals surface area contributed by atoms with Crippen molar-refractivity contribution in [2.45, 2.75) is 8.34 Å². The van der Waals surface area contributed by atoms with Crippen LogP contribution in [0.15, 0.2) is 0 Å². The molecule has 0 aromatic carbocycles. The lowest BCUT2D eigenvalue weighted by molar-refractivity contribution is 0.507. The average molecular weight is 257 g/mol. The molecular weight excluding hydrogens is 256 g/mol. The van der Waals surface area contributed by atoms with Crippen molar-refractivity contribution in [3.63, 3.8) is 0 Å². The second-order valence-corrected chi connectivity index (χ2v) is 4.80. The highest BCUT2D eigenvalue weighted by atomic mass is 35.6. The minimum absolute atomic E-state index is 0.750. The van der Waals surface area contributed by atoms with Crippen LogP contribution in [0.4, 0.5) is 4.39 Å². The molecule has 0 fully saturated rings. The molecule has 58 valence electrons. The molecule has 0 amide bonds. The van der Waals surface area contributed by atoms with E-state index in [4.69, 9.17) is 34.8 Å². The van der Waals surface area contributed by atoms with Gasteiger partial charge in [0.1, 0.15) is 0 Å². The first-order valence-corrected chi connectivity index (χ1v) is 3.85. The van der Waals surface area contributed by atoms with Gasteiger partial charge in [0.25, 0.3) is 0 Å². The monoisotopic (exact) mass is 254 g/mol. The molecule has 0 aromatic heterocycles. The quantitative estimate of drug-likeness (QED) is 0.568. The van der Waals surface area contributed by atoms with Gasteiger partial charge < -0.3 is 0 Å². The standard InChI is InChI=1S/CCl3F.CHCl3/c2-1(3,4)5;2-1(3)4/h;1H. The van der Waals surface area contributed by atoms with Gasteiger partial charge in [-0.1, -0.05) is 34.8 Å². The number of alkyl halides is 7. The Hall–Kier alpha value is 1.67. The number of hydrogen-bond donors (Lipinski definition) is 0. The predicted octanol–water partition coefficient (Wildman–Crippen LogP) is 4.27. The van der Waals surface area contributed by atoms with E-state index in [1.165, 1.54) is 0 Å². The van der Waals surface area contributed by atoms with Crippen LogP contribution in [0.5, 0.6) is 0 Å². The molecular formula is C2HCl6F. The van der Waals surface area contributed by atoms with Crippen molar-refractivity contribution in [3.8, 4) is 0 Å². The van der Waals surface area contributed by atoms with Crippen LogP contribution in [0.25, 0.3) is 0 Å². The van der Waals surface area contributed by atoms with Crippen LogP contribution in [-0.4, -0.2) is 8.34 Å². The fraction of sp³-hybridized carbons (Fsp3) is 1.00. The second-order valence-electron chi connectivity index (χ2n) is 0.676. The Morgan fingerprint density at radius 3 is 1.00 bits per heavy atom. The fourth-order valence-electron chi connectivity index (χ4n) is 0. The first-order valence-electron chi connectivity index (χ1n) is 1.41. The summed E-state index contributed by atoms with van der Waals surface area (Å²) in [6, 6.07) is 0. The molecule has 0 atom stereocenters. The van der Waals surface area contributed by atoms with Gasteiger partial charge in [-0.15, -0.1) is 0 Å². The zero-order chi connectivity index (χ0) is 8.08. The van der Waals surface area contributed by atoms with Crippen molar-refractivity contribution in [2.75, 3.05) is 0 Å². The lowest BCUT2D eigenvalue weighted by Crippen LogP contribution is -1.83. The molecule has 0 radical (unpaired) electrons. The summed E-state index contributed by atoms with van der Waals surface area (Å²) in [7, 11) is 0. The normalized spacial score (nSPS) is 10.7. The summed E-state index contributed by atoms with van der Waals surface area (Å²) in [6.07, 6.45) is 0. The summed E-state index contributed by atoms with van der Waals surface area (Å²) in [4.78, 5) is 0. The van der Waals surface area contributed by atoms with Gasteiger partial charge in [0, 0.05) is 0 Å². The Morgan fingerprint density at radius 1 is 1.00 bits per heavy atom. The summed E-state index contributed by atoms with van der Waals surface area (Å²) in [5.74, 6) is 0. The number of hydrogen-bond acceptors (Lipinski definition) is 0. The average Bonchev–Trinajstić information content (AvgIpc) is 1.19. The van der Waals surface area contributed by atoms with Crippen LogP contribution in [0, 0.1) is 0 Å². The Balaban J connectivity index is 0. The van der Waals surface area contributed by atoms with E-state index in [2.05, 4.69) is 34.8 Å². The third-order valence-electron chi connectivity index (χ3n) is 0. The van der Waals surface area contributed by atoms with E-state index in [1.807, 2.05) is 0 Å². The maximum absolute atomic E-state index is 11.0. The van der Waals surface area contributed by atoms with Gasteiger partial charge in [-0.05, 0) is 34.8 Å². The molecule has 0 heterocycles. The molecule has 0 aliphatic rings. The molecule has 9 heavy (non-hydrogen) atoms. The van der Waals surface area contributed by atoms with Crippen molar-refractivity contribution in [1.29, 1.82) is 0 Å². The highest BCUT2D eigenvalue weighted by Crippen LogP contribution is 2.26. The van der Waals surface area contributed by atoms with E-state index in [1.54, 1.807) is 0 Å². The molecule has 0 nitrogen and oxygen atoms in total. The lowest BCUT2D eigenvalue weighted by Gasteiger charge is -1.89. The Bertz CT molecular complexity index is 47.8. The molecule has 0 aliphatic heterocycles. The van der Waals surface area contributed by atoms with Gasteiger partial charge in [0.2, 0.25) is 0 Å².